The van der Waals surface area contributed by atoms with E-state index in [-0.39, 0.29) is 0 Å². The fourth-order valence-electron chi connectivity index (χ4n) is 1.92. The number of benzene rings is 3. The van der Waals surface area contributed by atoms with Crippen molar-refractivity contribution in [3.8, 4) is 11.1 Å². The molecule has 1 radical (unpaired) electrons. The second-order valence-electron chi connectivity index (χ2n) is 4.22. The minimum Gasteiger partial charge on any atom is -0.0901 e. The van der Waals surface area contributed by atoms with Crippen LogP contribution in [0.25, 0.3) is 11.1 Å². The lowest BCUT2D eigenvalue weighted by Crippen LogP contribution is -1.79. The van der Waals surface area contributed by atoms with E-state index in [0.29, 0.717) is 0 Å². The lowest BCUT2D eigenvalue weighted by Gasteiger charge is -2.05. The molecule has 0 aromatic heterocycles. The van der Waals surface area contributed by atoms with Crippen LogP contribution < -0.4 is 0 Å². The summed E-state index contributed by atoms with van der Waals surface area (Å²) in [7, 11) is 0. The van der Waals surface area contributed by atoms with Crippen LogP contribution in [0.1, 0.15) is 0 Å². The van der Waals surface area contributed by atoms with Gasteiger partial charge in [0, 0.05) is 9.79 Å². The summed E-state index contributed by atoms with van der Waals surface area (Å²) >= 11 is 1.78. The van der Waals surface area contributed by atoms with Gasteiger partial charge in [0.2, 0.25) is 0 Å². The Morgan fingerprint density at radius 3 is 2.11 bits per heavy atom. The van der Waals surface area contributed by atoms with Crippen LogP contribution in [0.3, 0.4) is 0 Å². The zero-order valence-electron chi connectivity index (χ0n) is 10.4. The summed E-state index contributed by atoms with van der Waals surface area (Å²) in [4.78, 5) is 2.50. The Morgan fingerprint density at radius 2 is 1.37 bits per heavy atom. The van der Waals surface area contributed by atoms with Crippen molar-refractivity contribution in [1.82, 2.24) is 0 Å². The van der Waals surface area contributed by atoms with Crippen LogP contribution in [0.5, 0.6) is 0 Å². The van der Waals surface area contributed by atoms with Crippen molar-refractivity contribution in [3.63, 3.8) is 0 Å². The van der Waals surface area contributed by atoms with Crippen molar-refractivity contribution >= 4 is 11.8 Å². The maximum Gasteiger partial charge on any atom is 0.0128 e. The summed E-state index contributed by atoms with van der Waals surface area (Å²) in [6.45, 7) is 0. The summed E-state index contributed by atoms with van der Waals surface area (Å²) < 4.78 is 0. The Morgan fingerprint density at radius 1 is 0.684 bits per heavy atom. The van der Waals surface area contributed by atoms with Gasteiger partial charge in [0.05, 0.1) is 0 Å². The molecule has 0 amide bonds. The fraction of sp³-hybridized carbons (Fsp3) is 0. The molecule has 0 aliphatic rings. The lowest BCUT2D eigenvalue weighted by molar-refractivity contribution is 1.40. The first kappa shape index (κ1) is 12.1. The molecule has 0 aliphatic heterocycles. The van der Waals surface area contributed by atoms with Crippen molar-refractivity contribution in [2.75, 3.05) is 0 Å². The summed E-state index contributed by atoms with van der Waals surface area (Å²) in [5, 5.41) is 0. The molecule has 0 bridgehead atoms. The Labute approximate surface area is 118 Å². The van der Waals surface area contributed by atoms with Crippen LogP contribution in [0, 0.1) is 6.07 Å². The van der Waals surface area contributed by atoms with Crippen LogP contribution in [0.2, 0.25) is 0 Å². The van der Waals surface area contributed by atoms with E-state index in [4.69, 9.17) is 0 Å². The highest BCUT2D eigenvalue weighted by molar-refractivity contribution is 7.99. The molecule has 0 spiro atoms. The highest BCUT2D eigenvalue weighted by atomic mass is 32.2. The molecule has 0 unspecified atom stereocenters. The Kier molecular flexibility index (Phi) is 3.66. The molecule has 0 fully saturated rings. The summed E-state index contributed by atoms with van der Waals surface area (Å²) in [5.74, 6) is 0. The van der Waals surface area contributed by atoms with E-state index < -0.39 is 0 Å². The average Bonchev–Trinajstić information content (AvgIpc) is 2.49. The predicted molar refractivity (Wildman–Crippen MR) is 81.3 cm³/mol. The molecule has 3 aromatic carbocycles. The van der Waals surface area contributed by atoms with Crippen molar-refractivity contribution in [2.45, 2.75) is 9.79 Å². The van der Waals surface area contributed by atoms with E-state index in [2.05, 4.69) is 66.7 Å². The standard InChI is InChI=1S/C18H13S/c1-3-8-15(9-4-1)16-10-7-13-18(14-16)19-17-11-5-2-6-12-17/h1-9,11-14H. The van der Waals surface area contributed by atoms with Crippen LogP contribution >= 0.6 is 11.8 Å². The zero-order valence-corrected chi connectivity index (χ0v) is 11.2. The van der Waals surface area contributed by atoms with E-state index in [1.807, 2.05) is 18.2 Å². The topological polar surface area (TPSA) is 0 Å². The smallest absolute Gasteiger partial charge is 0.0128 e. The van der Waals surface area contributed by atoms with Crippen LogP contribution in [-0.2, 0) is 0 Å². The average molecular weight is 261 g/mol. The van der Waals surface area contributed by atoms with Crippen LogP contribution in [0.15, 0.2) is 88.7 Å². The lowest BCUT2D eigenvalue weighted by atomic mass is 10.1. The molecular weight excluding hydrogens is 248 g/mol. The van der Waals surface area contributed by atoms with Gasteiger partial charge >= 0.3 is 0 Å². The van der Waals surface area contributed by atoms with E-state index in [1.165, 1.54) is 15.4 Å². The van der Waals surface area contributed by atoms with Gasteiger partial charge in [-0.05, 0) is 41.5 Å². The molecule has 1 heteroatoms. The number of hydrogen-bond acceptors (Lipinski definition) is 1. The summed E-state index contributed by atoms with van der Waals surface area (Å²) in [5.41, 5.74) is 2.35. The van der Waals surface area contributed by atoms with E-state index in [0.717, 1.165) is 5.56 Å². The molecule has 3 rings (SSSR count). The first-order chi connectivity index (χ1) is 9.42. The second-order valence-corrected chi connectivity index (χ2v) is 5.37. The molecule has 0 heterocycles. The number of rotatable bonds is 3. The first-order valence-electron chi connectivity index (χ1n) is 6.22. The van der Waals surface area contributed by atoms with Crippen molar-refractivity contribution in [3.05, 3.63) is 84.9 Å². The summed E-state index contributed by atoms with van der Waals surface area (Å²) in [6, 6.07) is 30.4. The van der Waals surface area contributed by atoms with Crippen molar-refractivity contribution < 1.29 is 0 Å². The molecule has 0 saturated heterocycles. The molecule has 19 heavy (non-hydrogen) atoms. The van der Waals surface area contributed by atoms with E-state index in [1.54, 1.807) is 11.8 Å². The van der Waals surface area contributed by atoms with Gasteiger partial charge in [-0.2, -0.15) is 0 Å². The van der Waals surface area contributed by atoms with Gasteiger partial charge in [0.25, 0.3) is 0 Å². The summed E-state index contributed by atoms with van der Waals surface area (Å²) in [6.07, 6.45) is 0. The van der Waals surface area contributed by atoms with Crippen molar-refractivity contribution in [1.29, 1.82) is 0 Å². The second kappa shape index (κ2) is 5.77. The molecule has 91 valence electrons. The van der Waals surface area contributed by atoms with Crippen molar-refractivity contribution in [2.24, 2.45) is 0 Å². The van der Waals surface area contributed by atoms with Gasteiger partial charge in [-0.15, -0.1) is 0 Å². The third kappa shape index (κ3) is 3.07. The minimum absolute atomic E-state index is 1.14. The largest absolute Gasteiger partial charge is 0.0901 e. The van der Waals surface area contributed by atoms with Gasteiger partial charge in [-0.1, -0.05) is 66.4 Å². The maximum atomic E-state index is 3.30. The molecule has 3 aromatic rings. The number of hydrogen-bond donors (Lipinski definition) is 0. The Balaban J connectivity index is 1.89. The maximum absolute atomic E-state index is 3.30. The molecular formula is C18H13S. The third-order valence-electron chi connectivity index (χ3n) is 2.84. The highest BCUT2D eigenvalue weighted by Crippen LogP contribution is 2.30. The zero-order chi connectivity index (χ0) is 12.9. The molecule has 0 N–H and O–H groups in total. The van der Waals surface area contributed by atoms with Gasteiger partial charge in [0.1, 0.15) is 0 Å². The van der Waals surface area contributed by atoms with Crippen LogP contribution in [-0.4, -0.2) is 0 Å². The molecule has 0 atom stereocenters. The van der Waals surface area contributed by atoms with Gasteiger partial charge in [-0.25, -0.2) is 0 Å². The minimum atomic E-state index is 1.14. The molecule has 0 saturated carbocycles. The Hall–Kier alpha value is -1.99. The molecule has 0 aliphatic carbocycles. The Bertz CT molecular complexity index is 645. The third-order valence-corrected chi connectivity index (χ3v) is 3.83. The van der Waals surface area contributed by atoms with E-state index in [9.17, 15) is 0 Å². The monoisotopic (exact) mass is 261 g/mol. The predicted octanol–water partition coefficient (Wildman–Crippen LogP) is 5.30. The van der Waals surface area contributed by atoms with Gasteiger partial charge < -0.3 is 0 Å². The SMILES string of the molecule is [c]1ccc(Sc2ccccc2)cc1-c1ccccc1. The fourth-order valence-corrected chi connectivity index (χ4v) is 2.80. The van der Waals surface area contributed by atoms with Gasteiger partial charge in [0.15, 0.2) is 0 Å². The van der Waals surface area contributed by atoms with Gasteiger partial charge in [-0.3, -0.25) is 0 Å². The van der Waals surface area contributed by atoms with E-state index >= 15 is 0 Å². The van der Waals surface area contributed by atoms with Crippen LogP contribution in [0.4, 0.5) is 0 Å². The normalized spacial score (nSPS) is 10.3. The highest BCUT2D eigenvalue weighted by Gasteiger charge is 2.00. The molecule has 0 nitrogen and oxygen atoms in total. The quantitative estimate of drug-likeness (QED) is 0.616. The first-order valence-corrected chi connectivity index (χ1v) is 7.03.